The Bertz CT molecular complexity index is 1920. The maximum Gasteiger partial charge on any atom is 0.243 e. The molecule has 420 valence electrons. The number of nitrogens with two attached hydrogens (primary N) is 1. The van der Waals surface area contributed by atoms with E-state index in [1.165, 1.54) is 7.05 Å². The number of carbonyl (C=O) groups is 13. The third-order valence-electron chi connectivity index (χ3n) is 11.5. The third kappa shape index (κ3) is 27.2. The van der Waals surface area contributed by atoms with Crippen molar-refractivity contribution in [2.75, 3.05) is 7.05 Å². The van der Waals surface area contributed by atoms with Crippen LogP contribution in [-0.4, -0.2) is 138 Å². The lowest BCUT2D eigenvalue weighted by Gasteiger charge is -2.28. The fourth-order valence-electron chi connectivity index (χ4n) is 7.22. The van der Waals surface area contributed by atoms with E-state index in [0.29, 0.717) is 44.9 Å². The van der Waals surface area contributed by atoms with E-state index in [0.717, 1.165) is 6.42 Å². The second-order valence-electron chi connectivity index (χ2n) is 17.7. The van der Waals surface area contributed by atoms with Crippen LogP contribution in [0.5, 0.6) is 0 Å². The van der Waals surface area contributed by atoms with E-state index in [4.69, 9.17) is 5.73 Å². The first-order valence-corrected chi connectivity index (χ1v) is 25.1. The zero-order valence-electron chi connectivity index (χ0n) is 43.1. The van der Waals surface area contributed by atoms with E-state index in [1.807, 2.05) is 6.92 Å². The molecular weight excluding hydrogens is 977 g/mol. The molecule has 0 aliphatic rings. The molecule has 0 rings (SSSR count). The van der Waals surface area contributed by atoms with Crippen molar-refractivity contribution < 1.29 is 82.8 Å². The zero-order chi connectivity index (χ0) is 56.5. The molecule has 74 heavy (non-hydrogen) atoms. The predicted octanol–water partition coefficient (Wildman–Crippen LogP) is -6.55. The van der Waals surface area contributed by atoms with Gasteiger partial charge in [-0.2, -0.15) is 0 Å². The maximum absolute atomic E-state index is 13.9. The summed E-state index contributed by atoms with van der Waals surface area (Å²) in [5.41, 5.74) is 5.39. The highest BCUT2D eigenvalue weighted by atomic mass is 16.4. The third-order valence-corrected chi connectivity index (χ3v) is 11.5. The van der Waals surface area contributed by atoms with Crippen molar-refractivity contribution in [3.05, 3.63) is 0 Å². The maximum atomic E-state index is 13.9. The van der Waals surface area contributed by atoms with E-state index in [9.17, 15) is 82.8 Å². The van der Waals surface area contributed by atoms with E-state index in [-0.39, 0.29) is 44.9 Å². The van der Waals surface area contributed by atoms with Crippen molar-refractivity contribution in [1.82, 2.24) is 47.9 Å². The van der Waals surface area contributed by atoms with Gasteiger partial charge in [0.2, 0.25) is 53.2 Å². The molecule has 27 heteroatoms. The van der Waals surface area contributed by atoms with Gasteiger partial charge in [-0.25, -0.2) is 0 Å². The molecule has 9 atom stereocenters. The number of rotatable bonds is 41. The minimum atomic E-state index is -2.02. The van der Waals surface area contributed by atoms with Gasteiger partial charge in [0, 0.05) is 49.6 Å². The number of primary amides is 1. The Morgan fingerprint density at radius 1 is 0.311 bits per heavy atom. The number of nitrogens with one attached hydrogen (secondary N) is 9. The second-order valence-corrected chi connectivity index (χ2v) is 17.7. The monoisotopic (exact) mass is 1050 g/mol. The molecule has 0 bridgehead atoms. The first-order chi connectivity index (χ1) is 34.9. The predicted molar refractivity (Wildman–Crippen MR) is 254 cm³/mol. The molecular formula is C47H76N10O17-4. The van der Waals surface area contributed by atoms with Crippen LogP contribution >= 0.6 is 0 Å². The van der Waals surface area contributed by atoms with Gasteiger partial charge >= 0.3 is 0 Å². The van der Waals surface area contributed by atoms with Crippen LogP contribution in [0.3, 0.4) is 0 Å². The van der Waals surface area contributed by atoms with Crippen molar-refractivity contribution in [2.24, 2.45) is 5.73 Å². The Morgan fingerprint density at radius 2 is 0.486 bits per heavy atom. The molecule has 0 aromatic rings. The van der Waals surface area contributed by atoms with Gasteiger partial charge in [-0.1, -0.05) is 98.8 Å². The van der Waals surface area contributed by atoms with E-state index < -0.39 is 157 Å². The van der Waals surface area contributed by atoms with Crippen molar-refractivity contribution in [3.63, 3.8) is 0 Å². The number of carboxylic acid groups (broad SMARTS) is 4. The van der Waals surface area contributed by atoms with Crippen molar-refractivity contribution >= 4 is 77.0 Å². The first-order valence-electron chi connectivity index (χ1n) is 25.1. The Labute approximate surface area is 430 Å². The zero-order valence-corrected chi connectivity index (χ0v) is 43.1. The van der Waals surface area contributed by atoms with Crippen LogP contribution in [0.15, 0.2) is 0 Å². The lowest BCUT2D eigenvalue weighted by Crippen LogP contribution is -2.61. The van der Waals surface area contributed by atoms with Gasteiger partial charge in [0.05, 0.1) is 6.04 Å². The average Bonchev–Trinajstić information content (AvgIpc) is 3.32. The van der Waals surface area contributed by atoms with Gasteiger partial charge in [-0.05, 0) is 39.2 Å². The summed E-state index contributed by atoms with van der Waals surface area (Å²) in [5.74, 6) is -17.1. The molecule has 0 aliphatic heterocycles. The number of hydrogen-bond donors (Lipinski definition) is 10. The molecule has 27 nitrogen and oxygen atoms in total. The average molecular weight is 1050 g/mol. The number of carbonyl (C=O) groups excluding carboxylic acids is 13. The highest BCUT2D eigenvalue weighted by molar-refractivity contribution is 6.00. The van der Waals surface area contributed by atoms with E-state index >= 15 is 0 Å². The molecule has 0 aliphatic carbocycles. The Kier molecular flexibility index (Phi) is 33.4. The molecule has 11 N–H and O–H groups in total. The quantitative estimate of drug-likeness (QED) is 0.0272. The van der Waals surface area contributed by atoms with Gasteiger partial charge < -0.3 is 93.2 Å². The summed E-state index contributed by atoms with van der Waals surface area (Å²) in [6.07, 6.45) is -0.0459. The molecule has 0 spiro atoms. The molecule has 0 saturated carbocycles. The summed E-state index contributed by atoms with van der Waals surface area (Å²) >= 11 is 0. The lowest BCUT2D eigenvalue weighted by molar-refractivity contribution is -0.307. The Balaban J connectivity index is 6.67. The van der Waals surface area contributed by atoms with Gasteiger partial charge in [-0.15, -0.1) is 0 Å². The van der Waals surface area contributed by atoms with Crippen LogP contribution in [0.25, 0.3) is 0 Å². The second kappa shape index (κ2) is 36.9. The van der Waals surface area contributed by atoms with Crippen LogP contribution in [0.1, 0.15) is 157 Å². The summed E-state index contributed by atoms with van der Waals surface area (Å²) < 4.78 is 0. The van der Waals surface area contributed by atoms with E-state index in [2.05, 4.69) is 47.9 Å². The molecule has 0 fully saturated rings. The van der Waals surface area contributed by atoms with Gasteiger partial charge in [-0.3, -0.25) is 43.2 Å². The van der Waals surface area contributed by atoms with Gasteiger partial charge in [0.25, 0.3) is 0 Å². The number of likely N-dealkylation sites (N-methyl/N-ethyl adjacent to an activating group) is 1. The molecule has 0 aromatic heterocycles. The molecule has 5 unspecified atom stereocenters. The highest BCUT2D eigenvalue weighted by Crippen LogP contribution is 2.10. The van der Waals surface area contributed by atoms with Crippen LogP contribution in [-0.2, 0) is 62.3 Å². The Morgan fingerprint density at radius 3 is 0.689 bits per heavy atom. The largest absolute Gasteiger partial charge is 0.550 e. The van der Waals surface area contributed by atoms with Gasteiger partial charge in [0.1, 0.15) is 48.3 Å². The topological polar surface area (TPSA) is 448 Å². The first kappa shape index (κ1) is 67.1. The Hall–Kier alpha value is -6.93. The SMILES string of the molecule is CCCCC(NC(=O)[C@H](CC(=O)[O-])NC(=O)C(CCCC)NC(=O)[C@H](CC(=O)[O-])NC(=O)C(CCCC)NC(=O)[C@H](CC(=O)[O-])NC(=O)C(CCCC)NC(=O)[C@H](CC(=O)[O-])NC(=O)C(CCCC)NC)C(N)=O. The van der Waals surface area contributed by atoms with Crippen LogP contribution in [0.2, 0.25) is 0 Å². The van der Waals surface area contributed by atoms with Gasteiger partial charge in [0.15, 0.2) is 0 Å². The minimum absolute atomic E-state index is 0.101. The number of carboxylic acids is 4. The molecule has 0 heterocycles. The van der Waals surface area contributed by atoms with Crippen molar-refractivity contribution in [2.45, 2.75) is 211 Å². The van der Waals surface area contributed by atoms with Crippen LogP contribution < -0.4 is 74.0 Å². The highest BCUT2D eigenvalue weighted by Gasteiger charge is 2.35. The fraction of sp³-hybridized carbons (Fsp3) is 0.723. The fourth-order valence-corrected chi connectivity index (χ4v) is 7.22. The molecule has 0 radical (unpaired) electrons. The summed E-state index contributed by atoms with van der Waals surface area (Å²) in [6.45, 7) is 8.84. The lowest BCUT2D eigenvalue weighted by atomic mass is 10.0. The summed E-state index contributed by atoms with van der Waals surface area (Å²) in [5, 5.41) is 68.0. The summed E-state index contributed by atoms with van der Waals surface area (Å²) in [7, 11) is 1.49. The van der Waals surface area contributed by atoms with Crippen molar-refractivity contribution in [1.29, 1.82) is 0 Å². The number of unbranched alkanes of at least 4 members (excludes halogenated alkanes) is 5. The summed E-state index contributed by atoms with van der Waals surface area (Å²) in [6, 6.07) is -14.4. The minimum Gasteiger partial charge on any atom is -0.550 e. The normalized spacial score (nSPS) is 14.6. The molecule has 9 amide bonds. The van der Waals surface area contributed by atoms with Crippen molar-refractivity contribution in [3.8, 4) is 0 Å². The van der Waals surface area contributed by atoms with E-state index in [1.54, 1.807) is 27.7 Å². The summed E-state index contributed by atoms with van der Waals surface area (Å²) in [4.78, 5) is 167. The van der Waals surface area contributed by atoms with Crippen LogP contribution in [0, 0.1) is 0 Å². The standard InChI is InChI=1S/C47H80N10O17/c1-7-12-17-26(39(48)66)50-44(71)31(22-35(58)59)55-41(68)28(19-14-9-3)52-46(73)33(24-37(62)63)57-43(70)30(21-16-11-5)53-47(74)34(25-38(64)65)56-42(69)29(20-15-10-4)51-45(72)32(23-36(60)61)54-40(67)27(49-6)18-13-8-2/h26-34,49H,7-25H2,1-6H3,(H2,48,66)(H,50,71)(H,51,72)(H,52,73)(H,53,74)(H,54,67)(H,55,68)(H,56,69)(H,57,70)(H,58,59)(H,60,61)(H,62,63)(H,64,65)/p-4/t26?,27?,28?,29?,30?,31-,32-,33-,34-/m0/s1. The molecule has 0 saturated heterocycles. The smallest absolute Gasteiger partial charge is 0.243 e. The van der Waals surface area contributed by atoms with Crippen LogP contribution in [0.4, 0.5) is 0 Å². The number of hydrogen-bond acceptors (Lipinski definition) is 18. The number of aliphatic carboxylic acids is 4. The molecule has 0 aromatic carbocycles. The number of amides is 9.